The molecule has 6 heteroatoms. The smallest absolute Gasteiger partial charge is 0.234 e. The minimum Gasteiger partial charge on any atom is -0.381 e. The van der Waals surface area contributed by atoms with Crippen molar-refractivity contribution in [3.8, 4) is 0 Å². The van der Waals surface area contributed by atoms with Crippen molar-refractivity contribution in [3.63, 3.8) is 0 Å². The molecular formula is C12H18N2O4. The van der Waals surface area contributed by atoms with Crippen LogP contribution in [0.2, 0.25) is 0 Å². The fourth-order valence-electron chi connectivity index (χ4n) is 2.13. The van der Waals surface area contributed by atoms with Crippen LogP contribution in [0.4, 0.5) is 0 Å². The molecule has 0 N–H and O–H groups in total. The first kappa shape index (κ1) is 13.2. The molecule has 0 saturated carbocycles. The van der Waals surface area contributed by atoms with Gasteiger partial charge in [-0.1, -0.05) is 5.16 Å². The Balaban J connectivity index is 2.19. The van der Waals surface area contributed by atoms with Crippen molar-refractivity contribution in [1.82, 2.24) is 10.1 Å². The second-order valence-corrected chi connectivity index (χ2v) is 4.43. The van der Waals surface area contributed by atoms with E-state index in [-0.39, 0.29) is 12.2 Å². The Morgan fingerprint density at radius 2 is 2.17 bits per heavy atom. The van der Waals surface area contributed by atoms with E-state index >= 15 is 0 Å². The first-order valence-electron chi connectivity index (χ1n) is 6.20. The number of carbonyl (C=O) groups excluding carboxylic acids is 1. The zero-order valence-corrected chi connectivity index (χ0v) is 10.8. The molecule has 0 unspecified atom stereocenters. The van der Waals surface area contributed by atoms with Crippen molar-refractivity contribution >= 4 is 5.78 Å². The summed E-state index contributed by atoms with van der Waals surface area (Å²) in [4.78, 5) is 15.3. The number of ketones is 1. The molecule has 18 heavy (non-hydrogen) atoms. The van der Waals surface area contributed by atoms with Crippen LogP contribution in [0.15, 0.2) is 4.52 Å². The highest BCUT2D eigenvalue weighted by Gasteiger charge is 2.39. The highest BCUT2D eigenvalue weighted by Crippen LogP contribution is 2.34. The summed E-state index contributed by atoms with van der Waals surface area (Å²) in [5, 5.41) is 3.96. The molecule has 2 heterocycles. The highest BCUT2D eigenvalue weighted by atomic mass is 16.5. The minimum absolute atomic E-state index is 0.00244. The third kappa shape index (κ3) is 2.76. The molecule has 2 rings (SSSR count). The molecule has 1 aliphatic heterocycles. The van der Waals surface area contributed by atoms with E-state index in [1.54, 1.807) is 0 Å². The molecule has 1 aromatic heterocycles. The summed E-state index contributed by atoms with van der Waals surface area (Å²) in [5.41, 5.74) is -0.522. The van der Waals surface area contributed by atoms with Gasteiger partial charge in [-0.25, -0.2) is 0 Å². The van der Waals surface area contributed by atoms with Crippen molar-refractivity contribution in [2.24, 2.45) is 0 Å². The largest absolute Gasteiger partial charge is 0.381 e. The Morgan fingerprint density at radius 3 is 2.78 bits per heavy atom. The van der Waals surface area contributed by atoms with Crippen molar-refractivity contribution in [3.05, 3.63) is 11.7 Å². The van der Waals surface area contributed by atoms with Gasteiger partial charge in [-0.05, 0) is 13.8 Å². The van der Waals surface area contributed by atoms with Gasteiger partial charge >= 0.3 is 0 Å². The quantitative estimate of drug-likeness (QED) is 0.787. The Kier molecular flexibility index (Phi) is 4.08. The molecule has 0 amide bonds. The van der Waals surface area contributed by atoms with Crippen LogP contribution < -0.4 is 0 Å². The highest BCUT2D eigenvalue weighted by molar-refractivity contribution is 5.77. The van der Waals surface area contributed by atoms with Crippen LogP contribution in [0.1, 0.15) is 38.4 Å². The van der Waals surface area contributed by atoms with Crippen LogP contribution in [0.5, 0.6) is 0 Å². The number of rotatable bonds is 5. The van der Waals surface area contributed by atoms with Crippen molar-refractivity contribution in [1.29, 1.82) is 0 Å². The van der Waals surface area contributed by atoms with Gasteiger partial charge in [-0.2, -0.15) is 4.98 Å². The van der Waals surface area contributed by atoms with E-state index < -0.39 is 5.60 Å². The molecule has 0 aliphatic carbocycles. The summed E-state index contributed by atoms with van der Waals surface area (Å²) in [6.45, 7) is 5.26. The molecular weight excluding hydrogens is 236 g/mol. The number of ether oxygens (including phenoxy) is 2. The monoisotopic (exact) mass is 254 g/mol. The number of carbonyl (C=O) groups is 1. The van der Waals surface area contributed by atoms with Gasteiger partial charge < -0.3 is 14.0 Å². The normalized spacial score (nSPS) is 18.8. The van der Waals surface area contributed by atoms with Gasteiger partial charge in [0.2, 0.25) is 11.7 Å². The van der Waals surface area contributed by atoms with E-state index in [9.17, 15) is 4.79 Å². The van der Waals surface area contributed by atoms with E-state index in [1.807, 2.05) is 6.92 Å². The van der Waals surface area contributed by atoms with Crippen LogP contribution in [-0.2, 0) is 26.3 Å². The Labute approximate surface area is 106 Å². The van der Waals surface area contributed by atoms with Crippen LogP contribution >= 0.6 is 0 Å². The third-order valence-electron chi connectivity index (χ3n) is 3.00. The molecule has 0 radical (unpaired) electrons. The average Bonchev–Trinajstić information content (AvgIpc) is 2.79. The van der Waals surface area contributed by atoms with E-state index in [1.165, 1.54) is 6.92 Å². The molecule has 1 aliphatic rings. The maximum Gasteiger partial charge on any atom is 0.234 e. The molecule has 6 nitrogen and oxygen atoms in total. The number of Topliss-reactive ketones (excluding diaryl/α,β-unsaturated/α-hetero) is 1. The second kappa shape index (κ2) is 5.58. The molecule has 0 aromatic carbocycles. The Hall–Kier alpha value is -1.27. The third-order valence-corrected chi connectivity index (χ3v) is 3.00. The number of hydrogen-bond acceptors (Lipinski definition) is 6. The number of nitrogens with zero attached hydrogens (tertiary/aromatic N) is 2. The van der Waals surface area contributed by atoms with E-state index in [0.717, 1.165) is 0 Å². The lowest BCUT2D eigenvalue weighted by molar-refractivity contribution is -0.118. The SMILES string of the molecule is CCOC1(c2noc(CC(C)=O)n2)CCOCC1. The van der Waals surface area contributed by atoms with Crippen LogP contribution in [-0.4, -0.2) is 35.7 Å². The summed E-state index contributed by atoms with van der Waals surface area (Å²) in [5.74, 6) is 0.884. The predicted molar refractivity (Wildman–Crippen MR) is 62.0 cm³/mol. The van der Waals surface area contributed by atoms with E-state index in [4.69, 9.17) is 14.0 Å². The Morgan fingerprint density at radius 1 is 1.44 bits per heavy atom. The molecule has 1 saturated heterocycles. The van der Waals surface area contributed by atoms with Gasteiger partial charge in [0, 0.05) is 32.7 Å². The number of hydrogen-bond donors (Lipinski definition) is 0. The van der Waals surface area contributed by atoms with Crippen molar-refractivity contribution < 1.29 is 18.8 Å². The zero-order chi connectivity index (χ0) is 13.0. The van der Waals surface area contributed by atoms with Gasteiger partial charge in [0.15, 0.2) is 0 Å². The van der Waals surface area contributed by atoms with Gasteiger partial charge in [-0.15, -0.1) is 0 Å². The summed E-state index contributed by atoms with van der Waals surface area (Å²) >= 11 is 0. The van der Waals surface area contributed by atoms with Crippen molar-refractivity contribution in [2.75, 3.05) is 19.8 Å². The minimum atomic E-state index is -0.522. The van der Waals surface area contributed by atoms with E-state index in [2.05, 4.69) is 10.1 Å². The standard InChI is InChI=1S/C12H18N2O4/c1-3-17-12(4-6-16-7-5-12)11-13-10(18-14-11)8-9(2)15/h3-8H2,1-2H3. The Bertz CT molecular complexity index is 404. The summed E-state index contributed by atoms with van der Waals surface area (Å²) in [6, 6.07) is 0. The topological polar surface area (TPSA) is 74.5 Å². The van der Waals surface area contributed by atoms with Gasteiger partial charge in [0.1, 0.15) is 11.4 Å². The average molecular weight is 254 g/mol. The lowest BCUT2D eigenvalue weighted by Gasteiger charge is -2.33. The van der Waals surface area contributed by atoms with Crippen LogP contribution in [0, 0.1) is 0 Å². The maximum atomic E-state index is 11.0. The lowest BCUT2D eigenvalue weighted by atomic mass is 9.93. The second-order valence-electron chi connectivity index (χ2n) is 4.43. The molecule has 100 valence electrons. The van der Waals surface area contributed by atoms with E-state index in [0.29, 0.717) is 44.4 Å². The predicted octanol–water partition coefficient (Wildman–Crippen LogP) is 1.24. The number of aromatic nitrogens is 2. The van der Waals surface area contributed by atoms with Gasteiger partial charge in [0.25, 0.3) is 0 Å². The van der Waals surface area contributed by atoms with Gasteiger partial charge in [-0.3, -0.25) is 4.79 Å². The lowest BCUT2D eigenvalue weighted by Crippen LogP contribution is -2.37. The summed E-state index contributed by atoms with van der Waals surface area (Å²) in [7, 11) is 0. The molecule has 0 atom stereocenters. The molecule has 1 fully saturated rings. The van der Waals surface area contributed by atoms with Crippen LogP contribution in [0.3, 0.4) is 0 Å². The fourth-order valence-corrected chi connectivity index (χ4v) is 2.13. The molecule has 0 spiro atoms. The van der Waals surface area contributed by atoms with Crippen molar-refractivity contribution in [2.45, 2.75) is 38.7 Å². The zero-order valence-electron chi connectivity index (χ0n) is 10.8. The molecule has 0 bridgehead atoms. The first-order valence-corrected chi connectivity index (χ1v) is 6.20. The summed E-state index contributed by atoms with van der Waals surface area (Å²) in [6.07, 6.45) is 1.59. The fraction of sp³-hybridized carbons (Fsp3) is 0.750. The van der Waals surface area contributed by atoms with Crippen LogP contribution in [0.25, 0.3) is 0 Å². The summed E-state index contributed by atoms with van der Waals surface area (Å²) < 4.78 is 16.3. The van der Waals surface area contributed by atoms with Gasteiger partial charge in [0.05, 0.1) is 6.42 Å². The first-order chi connectivity index (χ1) is 8.66. The molecule has 1 aromatic rings. The maximum absolute atomic E-state index is 11.0.